The summed E-state index contributed by atoms with van der Waals surface area (Å²) in [7, 11) is 1.89. The lowest BCUT2D eigenvalue weighted by Gasteiger charge is -2.04. The van der Waals surface area contributed by atoms with Crippen LogP contribution in [0.15, 0.2) is 36.9 Å². The minimum absolute atomic E-state index is 0.957. The first-order chi connectivity index (χ1) is 7.27. The zero-order chi connectivity index (χ0) is 11.1. The lowest BCUT2D eigenvalue weighted by Crippen LogP contribution is -2.02. The van der Waals surface area contributed by atoms with E-state index in [9.17, 15) is 0 Å². The third-order valence-electron chi connectivity index (χ3n) is 2.33. The van der Waals surface area contributed by atoms with Gasteiger partial charge < -0.3 is 5.32 Å². The maximum absolute atomic E-state index is 3.92. The molecule has 15 heavy (non-hydrogen) atoms. The minimum atomic E-state index is 0.957. The van der Waals surface area contributed by atoms with Gasteiger partial charge in [-0.05, 0) is 17.5 Å². The molecule has 0 saturated heterocycles. The van der Waals surface area contributed by atoms with Crippen LogP contribution in [0.25, 0.3) is 11.8 Å². The lowest BCUT2D eigenvalue weighted by atomic mass is 10.1. The Morgan fingerprint density at radius 1 is 1.33 bits per heavy atom. The fraction of sp³-hybridized carbons (Fsp3) is 0.286. The molecule has 80 valence electrons. The van der Waals surface area contributed by atoms with Crippen LogP contribution in [-0.4, -0.2) is 7.05 Å². The Kier molecular flexibility index (Phi) is 4.69. The van der Waals surface area contributed by atoms with Crippen molar-refractivity contribution in [3.63, 3.8) is 0 Å². The predicted octanol–water partition coefficient (Wildman–Crippen LogP) is 3.69. The minimum Gasteiger partial charge on any atom is -0.388 e. The van der Waals surface area contributed by atoms with E-state index in [2.05, 4.69) is 55.2 Å². The molecule has 1 N–H and O–H groups in total. The third kappa shape index (κ3) is 3.62. The van der Waals surface area contributed by atoms with Gasteiger partial charge in [-0.1, -0.05) is 56.3 Å². The van der Waals surface area contributed by atoms with E-state index in [0.29, 0.717) is 0 Å². The molecule has 0 unspecified atom stereocenters. The van der Waals surface area contributed by atoms with Gasteiger partial charge in [-0.15, -0.1) is 0 Å². The molecule has 0 fully saturated rings. The largest absolute Gasteiger partial charge is 0.388 e. The number of benzene rings is 1. The molecular weight excluding hydrogens is 182 g/mol. The van der Waals surface area contributed by atoms with Crippen molar-refractivity contribution in [3.05, 3.63) is 48.0 Å². The number of nitrogens with one attached hydrogen (secondary N) is 1. The summed E-state index contributed by atoms with van der Waals surface area (Å²) in [6.45, 7) is 6.10. The SMILES string of the molecule is C=C(NC)c1ccc(/C=C/CCC)cc1. The molecule has 1 aromatic carbocycles. The van der Waals surface area contributed by atoms with Gasteiger partial charge in [0.2, 0.25) is 0 Å². The van der Waals surface area contributed by atoms with Gasteiger partial charge in [-0.25, -0.2) is 0 Å². The third-order valence-corrected chi connectivity index (χ3v) is 2.33. The second-order valence-corrected chi connectivity index (χ2v) is 3.54. The zero-order valence-corrected chi connectivity index (χ0v) is 9.59. The smallest absolute Gasteiger partial charge is 0.0338 e. The van der Waals surface area contributed by atoms with E-state index in [0.717, 1.165) is 17.7 Å². The van der Waals surface area contributed by atoms with E-state index in [1.165, 1.54) is 12.0 Å². The number of allylic oxidation sites excluding steroid dienone is 1. The Balaban J connectivity index is 2.68. The molecule has 0 heterocycles. The maximum Gasteiger partial charge on any atom is 0.0338 e. The van der Waals surface area contributed by atoms with Gasteiger partial charge >= 0.3 is 0 Å². The summed E-state index contributed by atoms with van der Waals surface area (Å²) in [5.41, 5.74) is 3.35. The molecule has 1 rings (SSSR count). The van der Waals surface area contributed by atoms with Gasteiger partial charge in [-0.3, -0.25) is 0 Å². The fourth-order valence-electron chi connectivity index (χ4n) is 1.33. The summed E-state index contributed by atoms with van der Waals surface area (Å²) in [5.74, 6) is 0. The van der Waals surface area contributed by atoms with E-state index < -0.39 is 0 Å². The second kappa shape index (κ2) is 6.07. The highest BCUT2D eigenvalue weighted by molar-refractivity contribution is 5.63. The first kappa shape index (κ1) is 11.6. The average molecular weight is 201 g/mol. The van der Waals surface area contributed by atoms with Crippen molar-refractivity contribution < 1.29 is 0 Å². The summed E-state index contributed by atoms with van der Waals surface area (Å²) in [6, 6.07) is 8.41. The molecule has 0 saturated carbocycles. The molecule has 0 radical (unpaired) electrons. The normalized spacial score (nSPS) is 10.5. The van der Waals surface area contributed by atoms with Crippen LogP contribution in [0.5, 0.6) is 0 Å². The topological polar surface area (TPSA) is 12.0 Å². The molecule has 1 nitrogen and oxygen atoms in total. The van der Waals surface area contributed by atoms with E-state index in [-0.39, 0.29) is 0 Å². The molecule has 0 aliphatic rings. The Morgan fingerprint density at radius 2 is 2.00 bits per heavy atom. The van der Waals surface area contributed by atoms with Crippen molar-refractivity contribution in [2.75, 3.05) is 7.05 Å². The molecule has 1 heteroatoms. The highest BCUT2D eigenvalue weighted by Gasteiger charge is 1.94. The second-order valence-electron chi connectivity index (χ2n) is 3.54. The summed E-state index contributed by atoms with van der Waals surface area (Å²) in [5, 5.41) is 3.04. The highest BCUT2D eigenvalue weighted by atomic mass is 14.8. The first-order valence-corrected chi connectivity index (χ1v) is 5.41. The summed E-state index contributed by atoms with van der Waals surface area (Å²) >= 11 is 0. The predicted molar refractivity (Wildman–Crippen MR) is 68.5 cm³/mol. The Morgan fingerprint density at radius 3 is 2.53 bits per heavy atom. The molecule has 0 aliphatic heterocycles. The van der Waals surface area contributed by atoms with Gasteiger partial charge in [-0.2, -0.15) is 0 Å². The maximum atomic E-state index is 3.92. The Bertz CT molecular complexity index is 333. The molecule has 0 aliphatic carbocycles. The van der Waals surface area contributed by atoms with Crippen LogP contribution in [0, 0.1) is 0 Å². The summed E-state index contributed by atoms with van der Waals surface area (Å²) < 4.78 is 0. The standard InChI is InChI=1S/C14H19N/c1-4-5-6-7-13-8-10-14(11-9-13)12(2)15-3/h6-11,15H,2,4-5H2,1,3H3/b7-6+. The van der Waals surface area contributed by atoms with Gasteiger partial charge in [0, 0.05) is 12.7 Å². The van der Waals surface area contributed by atoms with Gasteiger partial charge in [0.1, 0.15) is 0 Å². The van der Waals surface area contributed by atoms with Crippen LogP contribution in [0.2, 0.25) is 0 Å². The molecule has 0 spiro atoms. The monoisotopic (exact) mass is 201 g/mol. The quantitative estimate of drug-likeness (QED) is 0.766. The average Bonchev–Trinajstić information content (AvgIpc) is 2.29. The van der Waals surface area contributed by atoms with Crippen molar-refractivity contribution in [1.29, 1.82) is 0 Å². The number of unbranched alkanes of at least 4 members (excludes halogenated alkanes) is 1. The van der Waals surface area contributed by atoms with Crippen molar-refractivity contribution >= 4 is 11.8 Å². The van der Waals surface area contributed by atoms with E-state index in [1.807, 2.05) is 7.05 Å². The molecule has 0 atom stereocenters. The van der Waals surface area contributed by atoms with Crippen molar-refractivity contribution in [2.24, 2.45) is 0 Å². The van der Waals surface area contributed by atoms with Gasteiger partial charge in [0.15, 0.2) is 0 Å². The van der Waals surface area contributed by atoms with Crippen molar-refractivity contribution in [3.8, 4) is 0 Å². The van der Waals surface area contributed by atoms with Crippen molar-refractivity contribution in [2.45, 2.75) is 19.8 Å². The first-order valence-electron chi connectivity index (χ1n) is 5.41. The number of hydrogen-bond acceptors (Lipinski definition) is 1. The Hall–Kier alpha value is -1.50. The van der Waals surface area contributed by atoms with Crippen LogP contribution < -0.4 is 5.32 Å². The molecule has 1 aromatic rings. The molecule has 0 aromatic heterocycles. The van der Waals surface area contributed by atoms with Gasteiger partial charge in [0.05, 0.1) is 0 Å². The molecule has 0 amide bonds. The van der Waals surface area contributed by atoms with Crippen molar-refractivity contribution in [1.82, 2.24) is 5.32 Å². The van der Waals surface area contributed by atoms with Crippen LogP contribution in [-0.2, 0) is 0 Å². The lowest BCUT2D eigenvalue weighted by molar-refractivity contribution is 0.962. The fourth-order valence-corrected chi connectivity index (χ4v) is 1.33. The zero-order valence-electron chi connectivity index (χ0n) is 9.59. The van der Waals surface area contributed by atoms with Gasteiger partial charge in [0.25, 0.3) is 0 Å². The highest BCUT2D eigenvalue weighted by Crippen LogP contribution is 2.11. The van der Waals surface area contributed by atoms with Crippen LogP contribution in [0.3, 0.4) is 0 Å². The molecular formula is C14H19N. The summed E-state index contributed by atoms with van der Waals surface area (Å²) in [4.78, 5) is 0. The van der Waals surface area contributed by atoms with E-state index in [1.54, 1.807) is 0 Å². The molecule has 0 bridgehead atoms. The Labute approximate surface area is 92.5 Å². The van der Waals surface area contributed by atoms with E-state index >= 15 is 0 Å². The van der Waals surface area contributed by atoms with Crippen LogP contribution in [0.1, 0.15) is 30.9 Å². The number of hydrogen-bond donors (Lipinski definition) is 1. The van der Waals surface area contributed by atoms with E-state index in [4.69, 9.17) is 0 Å². The summed E-state index contributed by atoms with van der Waals surface area (Å²) in [6.07, 6.45) is 6.72. The van der Waals surface area contributed by atoms with Crippen LogP contribution in [0.4, 0.5) is 0 Å². The van der Waals surface area contributed by atoms with Crippen LogP contribution >= 0.6 is 0 Å². The number of rotatable bonds is 5.